The molecule has 1 aromatic heterocycles. The predicted octanol–water partition coefficient (Wildman–Crippen LogP) is 4.11. The van der Waals surface area contributed by atoms with Crippen molar-refractivity contribution in [2.24, 2.45) is 0 Å². The zero-order valence-corrected chi connectivity index (χ0v) is 16.7. The Morgan fingerprint density at radius 3 is 2.66 bits per heavy atom. The number of thioether (sulfide) groups is 1. The molecule has 2 aromatic carbocycles. The van der Waals surface area contributed by atoms with E-state index < -0.39 is 18.4 Å². The maximum Gasteiger partial charge on any atom is 0.323 e. The summed E-state index contributed by atoms with van der Waals surface area (Å²) in [5.74, 6) is -1.82. The molecule has 1 aliphatic heterocycles. The van der Waals surface area contributed by atoms with Crippen LogP contribution in [0, 0.1) is 5.82 Å². The Hall–Kier alpha value is -2.97. The van der Waals surface area contributed by atoms with Crippen molar-refractivity contribution in [1.29, 1.82) is 0 Å². The monoisotopic (exact) mass is 426 g/mol. The van der Waals surface area contributed by atoms with Crippen LogP contribution in [-0.4, -0.2) is 37.3 Å². The van der Waals surface area contributed by atoms with Crippen molar-refractivity contribution in [2.75, 3.05) is 6.54 Å². The molecule has 29 heavy (non-hydrogen) atoms. The molecule has 0 spiro atoms. The van der Waals surface area contributed by atoms with E-state index in [0.29, 0.717) is 17.0 Å². The molecule has 0 aliphatic carbocycles. The van der Waals surface area contributed by atoms with E-state index in [0.717, 1.165) is 33.1 Å². The number of hydrogen-bond acceptors (Lipinski definition) is 4. The van der Waals surface area contributed by atoms with E-state index in [9.17, 15) is 14.0 Å². The van der Waals surface area contributed by atoms with Crippen LogP contribution in [0.1, 0.15) is 11.1 Å². The van der Waals surface area contributed by atoms with Gasteiger partial charge in [0.05, 0.1) is 11.4 Å². The van der Waals surface area contributed by atoms with Crippen LogP contribution < -0.4 is 0 Å². The molecule has 1 aliphatic rings. The first-order valence-corrected chi connectivity index (χ1v) is 9.95. The van der Waals surface area contributed by atoms with Crippen molar-refractivity contribution in [3.63, 3.8) is 0 Å². The van der Waals surface area contributed by atoms with Gasteiger partial charge in [-0.25, -0.2) is 4.39 Å². The number of rotatable bonds is 5. The number of halogens is 1. The van der Waals surface area contributed by atoms with E-state index in [-0.39, 0.29) is 10.1 Å². The van der Waals surface area contributed by atoms with Crippen molar-refractivity contribution in [2.45, 2.75) is 6.54 Å². The number of amides is 1. The molecule has 0 atom stereocenters. The van der Waals surface area contributed by atoms with Crippen molar-refractivity contribution in [3.05, 3.63) is 76.6 Å². The number of aromatic nitrogens is 1. The molecule has 0 bridgehead atoms. The predicted molar refractivity (Wildman–Crippen MR) is 115 cm³/mol. The zero-order chi connectivity index (χ0) is 20.5. The minimum atomic E-state index is -1.12. The van der Waals surface area contributed by atoms with Crippen LogP contribution >= 0.6 is 24.0 Å². The van der Waals surface area contributed by atoms with Crippen LogP contribution in [0.5, 0.6) is 0 Å². The normalized spacial score (nSPS) is 15.6. The maximum absolute atomic E-state index is 14.1. The van der Waals surface area contributed by atoms with E-state index in [1.807, 2.05) is 35.0 Å². The molecule has 5 nitrogen and oxygen atoms in total. The summed E-state index contributed by atoms with van der Waals surface area (Å²) in [4.78, 5) is 25.0. The average Bonchev–Trinajstić information content (AvgIpc) is 3.16. The fourth-order valence-electron chi connectivity index (χ4n) is 3.24. The third kappa shape index (κ3) is 3.81. The lowest BCUT2D eigenvalue weighted by atomic mass is 10.1. The highest BCUT2D eigenvalue weighted by atomic mass is 32.2. The lowest BCUT2D eigenvalue weighted by Crippen LogP contribution is -2.33. The zero-order valence-electron chi connectivity index (χ0n) is 15.0. The third-order valence-corrected chi connectivity index (χ3v) is 5.95. The Morgan fingerprint density at radius 1 is 1.17 bits per heavy atom. The Bertz CT molecular complexity index is 1190. The Balaban J connectivity index is 1.73. The van der Waals surface area contributed by atoms with E-state index in [2.05, 4.69) is 0 Å². The largest absolute Gasteiger partial charge is 0.480 e. The third-order valence-electron chi connectivity index (χ3n) is 4.57. The Kier molecular flexibility index (Phi) is 5.21. The fourth-order valence-corrected chi connectivity index (χ4v) is 4.49. The Morgan fingerprint density at radius 2 is 1.90 bits per heavy atom. The smallest absolute Gasteiger partial charge is 0.323 e. The maximum atomic E-state index is 14.1. The lowest BCUT2D eigenvalue weighted by Gasteiger charge is -2.10. The number of benzene rings is 2. The standard InChI is InChI=1S/C21H15FN2O3S2/c22-16-7-3-1-5-13(16)10-23-11-14(15-6-2-4-8-17(15)23)9-18-20(27)24(12-19(25)26)21(28)29-18/h1-9,11H,10,12H2,(H,25,26)/b18-9+. The molecular weight excluding hydrogens is 411 g/mol. The van der Waals surface area contributed by atoms with Crippen LogP contribution in [0.3, 0.4) is 0 Å². The minimum absolute atomic E-state index is 0.221. The average molecular weight is 426 g/mol. The highest BCUT2D eigenvalue weighted by Gasteiger charge is 2.33. The highest BCUT2D eigenvalue weighted by molar-refractivity contribution is 8.26. The number of carbonyl (C=O) groups excluding carboxylic acids is 1. The molecule has 0 radical (unpaired) electrons. The molecule has 1 saturated heterocycles. The number of carboxylic acid groups (broad SMARTS) is 1. The lowest BCUT2D eigenvalue weighted by molar-refractivity contribution is -0.140. The molecule has 3 aromatic rings. The molecule has 1 fully saturated rings. The summed E-state index contributed by atoms with van der Waals surface area (Å²) in [6.45, 7) is -0.113. The van der Waals surface area contributed by atoms with Gasteiger partial charge in [-0.1, -0.05) is 60.4 Å². The second-order valence-electron chi connectivity index (χ2n) is 6.48. The first-order chi connectivity index (χ1) is 13.9. The van der Waals surface area contributed by atoms with Gasteiger partial charge in [0, 0.05) is 28.2 Å². The summed E-state index contributed by atoms with van der Waals surface area (Å²) in [6, 6.07) is 14.3. The second kappa shape index (κ2) is 7.81. The van der Waals surface area contributed by atoms with E-state index in [1.54, 1.807) is 24.3 Å². The quantitative estimate of drug-likeness (QED) is 0.491. The van der Waals surface area contributed by atoms with Gasteiger partial charge in [-0.2, -0.15) is 0 Å². The van der Waals surface area contributed by atoms with Gasteiger partial charge in [0.15, 0.2) is 0 Å². The molecule has 2 heterocycles. The van der Waals surface area contributed by atoms with Gasteiger partial charge in [0.2, 0.25) is 0 Å². The van der Waals surface area contributed by atoms with E-state index in [1.165, 1.54) is 6.07 Å². The van der Waals surface area contributed by atoms with Crippen LogP contribution in [0.4, 0.5) is 4.39 Å². The summed E-state index contributed by atoms with van der Waals surface area (Å²) in [5, 5.41) is 9.89. The number of aliphatic carboxylic acids is 1. The number of hydrogen-bond donors (Lipinski definition) is 1. The molecule has 0 saturated carbocycles. The number of fused-ring (bicyclic) bond motifs is 1. The summed E-state index contributed by atoms with van der Waals surface area (Å²) in [7, 11) is 0. The second-order valence-corrected chi connectivity index (χ2v) is 8.16. The first kappa shape index (κ1) is 19.4. The first-order valence-electron chi connectivity index (χ1n) is 8.72. The number of nitrogens with zero attached hydrogens (tertiary/aromatic N) is 2. The van der Waals surface area contributed by atoms with Crippen LogP contribution in [0.25, 0.3) is 17.0 Å². The number of para-hydroxylation sites is 1. The molecule has 0 unspecified atom stereocenters. The van der Waals surface area contributed by atoms with E-state index >= 15 is 0 Å². The summed E-state index contributed by atoms with van der Waals surface area (Å²) in [5.41, 5.74) is 2.25. The van der Waals surface area contributed by atoms with Crippen molar-refractivity contribution in [3.8, 4) is 0 Å². The van der Waals surface area contributed by atoms with Gasteiger partial charge in [0.25, 0.3) is 5.91 Å². The summed E-state index contributed by atoms with van der Waals surface area (Å²) < 4.78 is 16.3. The van der Waals surface area contributed by atoms with Crippen LogP contribution in [-0.2, 0) is 16.1 Å². The molecule has 8 heteroatoms. The van der Waals surface area contributed by atoms with Gasteiger partial charge < -0.3 is 9.67 Å². The van der Waals surface area contributed by atoms with Gasteiger partial charge in [-0.05, 0) is 18.2 Å². The summed E-state index contributed by atoms with van der Waals surface area (Å²) >= 11 is 6.23. The fraction of sp³-hybridized carbons (Fsp3) is 0.0952. The number of carboxylic acids is 1. The number of carbonyl (C=O) groups is 2. The topological polar surface area (TPSA) is 62.5 Å². The molecule has 4 rings (SSSR count). The van der Waals surface area contributed by atoms with Crippen molar-refractivity contribution >= 4 is 57.2 Å². The van der Waals surface area contributed by atoms with Gasteiger partial charge >= 0.3 is 5.97 Å². The number of thiocarbonyl (C=S) groups is 1. The Labute approximate surface area is 175 Å². The van der Waals surface area contributed by atoms with Gasteiger partial charge in [-0.15, -0.1) is 0 Å². The molecule has 146 valence electrons. The van der Waals surface area contributed by atoms with Crippen LogP contribution in [0.2, 0.25) is 0 Å². The molecule has 1 N–H and O–H groups in total. The van der Waals surface area contributed by atoms with Gasteiger partial charge in [-0.3, -0.25) is 14.5 Å². The summed E-state index contributed by atoms with van der Waals surface area (Å²) in [6.07, 6.45) is 3.57. The highest BCUT2D eigenvalue weighted by Crippen LogP contribution is 2.34. The minimum Gasteiger partial charge on any atom is -0.480 e. The van der Waals surface area contributed by atoms with Crippen molar-refractivity contribution < 1.29 is 19.1 Å². The van der Waals surface area contributed by atoms with Gasteiger partial charge in [0.1, 0.15) is 16.7 Å². The molecule has 1 amide bonds. The van der Waals surface area contributed by atoms with Crippen LogP contribution in [0.15, 0.2) is 59.6 Å². The van der Waals surface area contributed by atoms with Crippen molar-refractivity contribution in [1.82, 2.24) is 9.47 Å². The SMILES string of the molecule is O=C(O)CN1C(=O)/C(=C\c2cn(Cc3ccccc3F)c3ccccc23)SC1=S. The molecular formula is C21H15FN2O3S2. The van der Waals surface area contributed by atoms with E-state index in [4.69, 9.17) is 17.3 Å².